The molecule has 0 aliphatic heterocycles. The highest BCUT2D eigenvalue weighted by atomic mass is 35.5. The molecule has 3 N–H and O–H groups in total. The van der Waals surface area contributed by atoms with Crippen molar-refractivity contribution in [3.63, 3.8) is 0 Å². The van der Waals surface area contributed by atoms with Gasteiger partial charge in [0.05, 0.1) is 0 Å². The number of rotatable bonds is 4. The molecule has 16 heavy (non-hydrogen) atoms. The second-order valence-electron chi connectivity index (χ2n) is 2.78. The molecule has 1 aromatic heterocycles. The van der Waals surface area contributed by atoms with Gasteiger partial charge in [0.2, 0.25) is 10.0 Å². The van der Waals surface area contributed by atoms with Gasteiger partial charge >= 0.3 is 5.69 Å². The van der Waals surface area contributed by atoms with Gasteiger partial charge in [0, 0.05) is 17.8 Å². The van der Waals surface area contributed by atoms with Crippen LogP contribution in [-0.4, -0.2) is 24.9 Å². The lowest BCUT2D eigenvalue weighted by molar-refractivity contribution is 0.583. The summed E-state index contributed by atoms with van der Waals surface area (Å²) >= 11 is 5.37. The highest BCUT2D eigenvalue weighted by Gasteiger charge is 2.18. The molecule has 1 heterocycles. The molecule has 0 atom stereocenters. The van der Waals surface area contributed by atoms with E-state index in [1.54, 1.807) is 4.98 Å². The van der Waals surface area contributed by atoms with Crippen LogP contribution < -0.4 is 16.0 Å². The van der Waals surface area contributed by atoms with E-state index in [0.29, 0.717) is 0 Å². The van der Waals surface area contributed by atoms with Crippen LogP contribution >= 0.6 is 11.6 Å². The van der Waals surface area contributed by atoms with Crippen LogP contribution in [0.5, 0.6) is 0 Å². The van der Waals surface area contributed by atoms with Crippen molar-refractivity contribution >= 4 is 21.6 Å². The molecular weight excluding hydrogens is 258 g/mol. The Morgan fingerprint density at radius 1 is 1.50 bits per heavy atom. The van der Waals surface area contributed by atoms with E-state index in [9.17, 15) is 18.0 Å². The molecule has 9 heteroatoms. The standard InChI is InChI=1S/C7H8ClN3O4S/c1-4(8)2-10-16(14,15)5-3-9-7(13)11-6(5)12/h3,10H,1-2H2,(H2,9,11,12,13). The zero-order chi connectivity index (χ0) is 12.3. The number of halogens is 1. The zero-order valence-electron chi connectivity index (χ0n) is 7.91. The molecule has 1 rings (SSSR count). The summed E-state index contributed by atoms with van der Waals surface area (Å²) < 4.78 is 25.1. The Morgan fingerprint density at radius 3 is 2.62 bits per heavy atom. The first-order valence-corrected chi connectivity index (χ1v) is 5.84. The van der Waals surface area contributed by atoms with Crippen LogP contribution in [-0.2, 0) is 10.0 Å². The van der Waals surface area contributed by atoms with Gasteiger partial charge in [-0.1, -0.05) is 18.2 Å². The number of hydrogen-bond acceptors (Lipinski definition) is 4. The number of aromatic amines is 2. The molecule has 0 saturated carbocycles. The number of sulfonamides is 1. The topological polar surface area (TPSA) is 112 Å². The zero-order valence-corrected chi connectivity index (χ0v) is 9.48. The summed E-state index contributed by atoms with van der Waals surface area (Å²) in [5.74, 6) is 0. The highest BCUT2D eigenvalue weighted by Crippen LogP contribution is 2.00. The Bertz CT molecular complexity index is 615. The second kappa shape index (κ2) is 4.64. The lowest BCUT2D eigenvalue weighted by Gasteiger charge is -2.03. The van der Waals surface area contributed by atoms with Crippen molar-refractivity contribution in [2.45, 2.75) is 4.90 Å². The molecule has 0 saturated heterocycles. The summed E-state index contributed by atoms with van der Waals surface area (Å²) in [7, 11) is -4.01. The predicted molar refractivity (Wildman–Crippen MR) is 57.9 cm³/mol. The van der Waals surface area contributed by atoms with Crippen LogP contribution in [0.25, 0.3) is 0 Å². The average Bonchev–Trinajstić information content (AvgIpc) is 2.14. The Labute approximate surface area is 95.2 Å². The van der Waals surface area contributed by atoms with Crippen LogP contribution in [0.4, 0.5) is 0 Å². The molecule has 1 aromatic rings. The van der Waals surface area contributed by atoms with E-state index in [2.05, 4.69) is 6.58 Å². The quantitative estimate of drug-likeness (QED) is 0.654. The molecule has 88 valence electrons. The molecule has 7 nitrogen and oxygen atoms in total. The maximum atomic E-state index is 11.5. The summed E-state index contributed by atoms with van der Waals surface area (Å²) in [6.45, 7) is 3.08. The van der Waals surface area contributed by atoms with Crippen molar-refractivity contribution in [1.29, 1.82) is 0 Å². The third-order valence-corrected chi connectivity index (χ3v) is 3.07. The maximum Gasteiger partial charge on any atom is 0.325 e. The molecule has 0 aliphatic rings. The molecule has 0 amide bonds. The monoisotopic (exact) mass is 265 g/mol. The smallest absolute Gasteiger partial charge is 0.313 e. The van der Waals surface area contributed by atoms with Crippen LogP contribution in [0.1, 0.15) is 0 Å². The highest BCUT2D eigenvalue weighted by molar-refractivity contribution is 7.89. The minimum absolute atomic E-state index is 0.0735. The third-order valence-electron chi connectivity index (χ3n) is 1.53. The van der Waals surface area contributed by atoms with E-state index in [1.807, 2.05) is 9.71 Å². The van der Waals surface area contributed by atoms with Crippen LogP contribution in [0.2, 0.25) is 0 Å². The molecular formula is C7H8ClN3O4S. The predicted octanol–water partition coefficient (Wildman–Crippen LogP) is -0.906. The number of aromatic nitrogens is 2. The van der Waals surface area contributed by atoms with Crippen LogP contribution in [0.15, 0.2) is 32.3 Å². The molecule has 0 bridgehead atoms. The lowest BCUT2D eigenvalue weighted by Crippen LogP contribution is -2.33. The third kappa shape index (κ3) is 3.05. The SMILES string of the molecule is C=C(Cl)CNS(=O)(=O)c1c[nH]c(=O)[nH]c1=O. The van der Waals surface area contributed by atoms with E-state index in [4.69, 9.17) is 11.6 Å². The first-order valence-electron chi connectivity index (χ1n) is 3.98. The van der Waals surface area contributed by atoms with Crippen molar-refractivity contribution < 1.29 is 8.42 Å². The van der Waals surface area contributed by atoms with E-state index >= 15 is 0 Å². The molecule has 0 fully saturated rings. The van der Waals surface area contributed by atoms with Crippen molar-refractivity contribution in [3.05, 3.63) is 38.6 Å². The number of nitrogens with one attached hydrogen (secondary N) is 3. The largest absolute Gasteiger partial charge is 0.325 e. The first-order chi connectivity index (χ1) is 7.33. The lowest BCUT2D eigenvalue weighted by atomic mass is 10.6. The van der Waals surface area contributed by atoms with Gasteiger partial charge in [0.15, 0.2) is 4.90 Å². The van der Waals surface area contributed by atoms with Gasteiger partial charge in [-0.05, 0) is 0 Å². The van der Waals surface area contributed by atoms with Gasteiger partial charge < -0.3 is 4.98 Å². The van der Waals surface area contributed by atoms with Crippen LogP contribution in [0, 0.1) is 0 Å². The summed E-state index contributed by atoms with van der Waals surface area (Å²) in [5, 5.41) is 0.0735. The fourth-order valence-corrected chi connectivity index (χ4v) is 2.02. The fourth-order valence-electron chi connectivity index (χ4n) is 0.848. The Hall–Kier alpha value is -1.38. The summed E-state index contributed by atoms with van der Waals surface area (Å²) in [6, 6.07) is 0. The van der Waals surface area contributed by atoms with Crippen LogP contribution in [0.3, 0.4) is 0 Å². The summed E-state index contributed by atoms with van der Waals surface area (Å²) in [5.41, 5.74) is -1.79. The summed E-state index contributed by atoms with van der Waals surface area (Å²) in [6.07, 6.45) is 0.806. The van der Waals surface area contributed by atoms with E-state index in [0.717, 1.165) is 6.20 Å². The Morgan fingerprint density at radius 2 is 2.12 bits per heavy atom. The Balaban J connectivity index is 3.13. The molecule has 0 unspecified atom stereocenters. The van der Waals surface area contributed by atoms with Gasteiger partial charge in [0.1, 0.15) is 0 Å². The van der Waals surface area contributed by atoms with E-state index in [1.165, 1.54) is 0 Å². The van der Waals surface area contributed by atoms with Crippen molar-refractivity contribution in [2.24, 2.45) is 0 Å². The first kappa shape index (κ1) is 12.7. The number of H-pyrrole nitrogens is 2. The minimum Gasteiger partial charge on any atom is -0.313 e. The normalized spacial score (nSPS) is 11.3. The molecule has 0 aliphatic carbocycles. The number of hydrogen-bond donors (Lipinski definition) is 3. The van der Waals surface area contributed by atoms with Crippen molar-refractivity contribution in [3.8, 4) is 0 Å². The van der Waals surface area contributed by atoms with E-state index in [-0.39, 0.29) is 11.6 Å². The Kier molecular flexibility index (Phi) is 3.68. The van der Waals surface area contributed by atoms with Gasteiger partial charge in [-0.15, -0.1) is 0 Å². The van der Waals surface area contributed by atoms with Gasteiger partial charge in [-0.25, -0.2) is 17.9 Å². The fraction of sp³-hybridized carbons (Fsp3) is 0.143. The molecule has 0 spiro atoms. The van der Waals surface area contributed by atoms with Crippen molar-refractivity contribution in [2.75, 3.05) is 6.54 Å². The summed E-state index contributed by atoms with van der Waals surface area (Å²) in [4.78, 5) is 25.1. The van der Waals surface area contributed by atoms with E-state index < -0.39 is 26.2 Å². The van der Waals surface area contributed by atoms with Gasteiger partial charge in [-0.3, -0.25) is 9.78 Å². The van der Waals surface area contributed by atoms with Crippen molar-refractivity contribution in [1.82, 2.24) is 14.7 Å². The van der Waals surface area contributed by atoms with Gasteiger partial charge in [0.25, 0.3) is 5.56 Å². The second-order valence-corrected chi connectivity index (χ2v) is 5.05. The maximum absolute atomic E-state index is 11.5. The molecule has 0 aromatic carbocycles. The molecule has 0 radical (unpaired) electrons. The van der Waals surface area contributed by atoms with Gasteiger partial charge in [-0.2, -0.15) is 0 Å². The minimum atomic E-state index is -4.01. The average molecular weight is 266 g/mol.